The van der Waals surface area contributed by atoms with Crippen LogP contribution in [0.5, 0.6) is 11.5 Å². The van der Waals surface area contributed by atoms with Crippen LogP contribution < -0.4 is 9.47 Å². The van der Waals surface area contributed by atoms with E-state index in [-0.39, 0.29) is 6.42 Å². The molecule has 0 aliphatic carbocycles. The van der Waals surface area contributed by atoms with Crippen LogP contribution in [0.2, 0.25) is 0 Å². The van der Waals surface area contributed by atoms with Gasteiger partial charge in [0.25, 0.3) is 0 Å². The Hall–Kier alpha value is -1.71. The number of carboxylic acid groups (broad SMARTS) is 1. The lowest BCUT2D eigenvalue weighted by atomic mass is 10.2. The number of unbranched alkanes of at least 4 members (excludes halogenated alkanes) is 1. The van der Waals surface area contributed by atoms with E-state index in [2.05, 4.69) is 0 Å². The Balaban J connectivity index is 2.19. The Morgan fingerprint density at radius 1 is 1.19 bits per heavy atom. The van der Waals surface area contributed by atoms with Crippen molar-refractivity contribution >= 4 is 5.97 Å². The number of carboxylic acids is 1. The topological polar surface area (TPSA) is 55.8 Å². The number of methoxy groups -OCH3 is 1. The number of carbonyl (C=O) groups is 1. The fraction of sp³-hybridized carbons (Fsp3) is 0.417. The standard InChI is InChI=1S/C12H16O4/c1-15-10-5-7-11(8-6-10)16-9-3-2-4-12(13)14/h5-8H,2-4,9H2,1H3,(H,13,14). The molecule has 0 heterocycles. The molecule has 0 saturated heterocycles. The van der Waals surface area contributed by atoms with Crippen LogP contribution in [0, 0.1) is 0 Å². The lowest BCUT2D eigenvalue weighted by molar-refractivity contribution is -0.137. The molecule has 0 atom stereocenters. The summed E-state index contributed by atoms with van der Waals surface area (Å²) in [6.07, 6.45) is 1.59. The molecule has 0 amide bonds. The molecule has 16 heavy (non-hydrogen) atoms. The summed E-state index contributed by atoms with van der Waals surface area (Å²) in [4.78, 5) is 10.2. The van der Waals surface area contributed by atoms with Crippen LogP contribution in [-0.4, -0.2) is 24.8 Å². The summed E-state index contributed by atoms with van der Waals surface area (Å²) < 4.78 is 10.5. The Labute approximate surface area is 94.8 Å². The van der Waals surface area contributed by atoms with Crippen LogP contribution in [0.3, 0.4) is 0 Å². The molecule has 0 aliphatic heterocycles. The van der Waals surface area contributed by atoms with Gasteiger partial charge in [0.15, 0.2) is 0 Å². The Morgan fingerprint density at radius 2 is 1.81 bits per heavy atom. The van der Waals surface area contributed by atoms with Crippen molar-refractivity contribution in [3.05, 3.63) is 24.3 Å². The van der Waals surface area contributed by atoms with Gasteiger partial charge in [-0.05, 0) is 37.1 Å². The van der Waals surface area contributed by atoms with E-state index in [4.69, 9.17) is 14.6 Å². The molecule has 0 aromatic heterocycles. The van der Waals surface area contributed by atoms with Crippen molar-refractivity contribution < 1.29 is 19.4 Å². The second-order valence-corrected chi connectivity index (χ2v) is 3.37. The van der Waals surface area contributed by atoms with Gasteiger partial charge in [0, 0.05) is 6.42 Å². The quantitative estimate of drug-likeness (QED) is 0.722. The third kappa shape index (κ3) is 4.68. The van der Waals surface area contributed by atoms with Gasteiger partial charge < -0.3 is 14.6 Å². The fourth-order valence-electron chi connectivity index (χ4n) is 1.24. The highest BCUT2D eigenvalue weighted by Crippen LogP contribution is 2.17. The first-order valence-electron chi connectivity index (χ1n) is 5.21. The third-order valence-corrected chi connectivity index (χ3v) is 2.11. The second kappa shape index (κ2) is 6.71. The first-order chi connectivity index (χ1) is 7.72. The Morgan fingerprint density at radius 3 is 2.38 bits per heavy atom. The molecule has 0 radical (unpaired) electrons. The molecule has 4 heteroatoms. The molecule has 1 aromatic rings. The molecule has 1 rings (SSSR count). The Kier molecular flexibility index (Phi) is 5.19. The number of aliphatic carboxylic acids is 1. The van der Waals surface area contributed by atoms with Gasteiger partial charge in [0.1, 0.15) is 11.5 Å². The maximum Gasteiger partial charge on any atom is 0.303 e. The van der Waals surface area contributed by atoms with E-state index in [0.717, 1.165) is 17.9 Å². The summed E-state index contributed by atoms with van der Waals surface area (Å²) in [5, 5.41) is 8.43. The SMILES string of the molecule is COc1ccc(OCCCCC(=O)O)cc1. The average molecular weight is 224 g/mol. The molecule has 0 saturated carbocycles. The number of ether oxygens (including phenoxy) is 2. The van der Waals surface area contributed by atoms with E-state index < -0.39 is 5.97 Å². The van der Waals surface area contributed by atoms with Crippen molar-refractivity contribution in [3.63, 3.8) is 0 Å². The van der Waals surface area contributed by atoms with Crippen molar-refractivity contribution in [1.29, 1.82) is 0 Å². The van der Waals surface area contributed by atoms with Crippen LogP contribution in [-0.2, 0) is 4.79 Å². The summed E-state index contributed by atoms with van der Waals surface area (Å²) in [6.45, 7) is 0.541. The van der Waals surface area contributed by atoms with Gasteiger partial charge in [0.2, 0.25) is 0 Å². The van der Waals surface area contributed by atoms with Crippen LogP contribution in [0.1, 0.15) is 19.3 Å². The molecule has 88 valence electrons. The number of benzene rings is 1. The molecular weight excluding hydrogens is 208 g/mol. The lowest BCUT2D eigenvalue weighted by Gasteiger charge is -2.06. The largest absolute Gasteiger partial charge is 0.497 e. The van der Waals surface area contributed by atoms with Gasteiger partial charge >= 0.3 is 5.97 Å². The van der Waals surface area contributed by atoms with Crippen LogP contribution in [0.25, 0.3) is 0 Å². The van der Waals surface area contributed by atoms with E-state index in [0.29, 0.717) is 13.0 Å². The molecule has 1 aromatic carbocycles. The van der Waals surface area contributed by atoms with Crippen molar-refractivity contribution in [2.75, 3.05) is 13.7 Å². The molecule has 0 spiro atoms. The van der Waals surface area contributed by atoms with Gasteiger partial charge in [-0.2, -0.15) is 0 Å². The summed E-state index contributed by atoms with van der Waals surface area (Å²) in [5.41, 5.74) is 0. The zero-order valence-electron chi connectivity index (χ0n) is 9.31. The van der Waals surface area contributed by atoms with Crippen molar-refractivity contribution in [2.45, 2.75) is 19.3 Å². The van der Waals surface area contributed by atoms with E-state index in [9.17, 15) is 4.79 Å². The molecule has 4 nitrogen and oxygen atoms in total. The van der Waals surface area contributed by atoms with Crippen LogP contribution in [0.4, 0.5) is 0 Å². The molecule has 0 unspecified atom stereocenters. The predicted octanol–water partition coefficient (Wildman–Crippen LogP) is 2.33. The lowest BCUT2D eigenvalue weighted by Crippen LogP contribution is -2.00. The van der Waals surface area contributed by atoms with E-state index in [1.165, 1.54) is 0 Å². The van der Waals surface area contributed by atoms with Crippen molar-refractivity contribution in [1.82, 2.24) is 0 Å². The van der Waals surface area contributed by atoms with E-state index in [1.807, 2.05) is 24.3 Å². The van der Waals surface area contributed by atoms with Gasteiger partial charge in [-0.15, -0.1) is 0 Å². The molecule has 0 fully saturated rings. The zero-order valence-corrected chi connectivity index (χ0v) is 9.31. The Bertz CT molecular complexity index is 318. The van der Waals surface area contributed by atoms with Crippen LogP contribution >= 0.6 is 0 Å². The second-order valence-electron chi connectivity index (χ2n) is 3.37. The van der Waals surface area contributed by atoms with Gasteiger partial charge in [-0.1, -0.05) is 0 Å². The maximum atomic E-state index is 10.2. The summed E-state index contributed by atoms with van der Waals surface area (Å²) in [6, 6.07) is 7.31. The monoisotopic (exact) mass is 224 g/mol. The molecule has 0 aliphatic rings. The zero-order chi connectivity index (χ0) is 11.8. The summed E-state index contributed by atoms with van der Waals surface area (Å²) in [5.74, 6) is 0.804. The summed E-state index contributed by atoms with van der Waals surface area (Å²) in [7, 11) is 1.61. The molecule has 0 bridgehead atoms. The smallest absolute Gasteiger partial charge is 0.303 e. The van der Waals surface area contributed by atoms with Gasteiger partial charge in [-0.3, -0.25) is 4.79 Å². The number of rotatable bonds is 7. The van der Waals surface area contributed by atoms with Crippen molar-refractivity contribution in [3.8, 4) is 11.5 Å². The average Bonchev–Trinajstić information content (AvgIpc) is 2.29. The highest BCUT2D eigenvalue weighted by atomic mass is 16.5. The minimum atomic E-state index is -0.760. The normalized spacial score (nSPS) is 9.81. The maximum absolute atomic E-state index is 10.2. The minimum Gasteiger partial charge on any atom is -0.497 e. The molecular formula is C12H16O4. The minimum absolute atomic E-state index is 0.200. The summed E-state index contributed by atoms with van der Waals surface area (Å²) >= 11 is 0. The fourth-order valence-corrected chi connectivity index (χ4v) is 1.24. The highest BCUT2D eigenvalue weighted by molar-refractivity contribution is 5.66. The first kappa shape index (κ1) is 12.4. The van der Waals surface area contributed by atoms with E-state index >= 15 is 0 Å². The van der Waals surface area contributed by atoms with Gasteiger partial charge in [0.05, 0.1) is 13.7 Å². The molecule has 1 N–H and O–H groups in total. The van der Waals surface area contributed by atoms with E-state index in [1.54, 1.807) is 7.11 Å². The number of hydrogen-bond donors (Lipinski definition) is 1. The van der Waals surface area contributed by atoms with Gasteiger partial charge in [-0.25, -0.2) is 0 Å². The predicted molar refractivity (Wildman–Crippen MR) is 60.0 cm³/mol. The third-order valence-electron chi connectivity index (χ3n) is 2.11. The number of hydrogen-bond acceptors (Lipinski definition) is 3. The van der Waals surface area contributed by atoms with Crippen molar-refractivity contribution in [2.24, 2.45) is 0 Å². The van der Waals surface area contributed by atoms with Crippen LogP contribution in [0.15, 0.2) is 24.3 Å². The highest BCUT2D eigenvalue weighted by Gasteiger charge is 1.98. The first-order valence-corrected chi connectivity index (χ1v) is 5.21.